The number of halogens is 1. The van der Waals surface area contributed by atoms with E-state index in [0.717, 1.165) is 29.8 Å². The largest absolute Gasteiger partial charge is 0.497 e. The quantitative estimate of drug-likeness (QED) is 0.871. The first-order valence-electron chi connectivity index (χ1n) is 6.76. The van der Waals surface area contributed by atoms with Crippen LogP contribution in [-0.2, 0) is 6.42 Å². The highest BCUT2D eigenvalue weighted by Crippen LogP contribution is 2.24. The van der Waals surface area contributed by atoms with Gasteiger partial charge in [-0.15, -0.1) is 0 Å². The lowest BCUT2D eigenvalue weighted by atomic mass is 9.91. The third kappa shape index (κ3) is 3.58. The monoisotopic (exact) mass is 273 g/mol. The lowest BCUT2D eigenvalue weighted by Gasteiger charge is -2.18. The van der Waals surface area contributed by atoms with Crippen LogP contribution in [0.2, 0.25) is 0 Å². The van der Waals surface area contributed by atoms with Crippen LogP contribution in [0.3, 0.4) is 0 Å². The van der Waals surface area contributed by atoms with Gasteiger partial charge in [-0.1, -0.05) is 30.3 Å². The van der Waals surface area contributed by atoms with Gasteiger partial charge in [0.25, 0.3) is 0 Å². The minimum absolute atomic E-state index is 0.105. The first-order valence-corrected chi connectivity index (χ1v) is 6.76. The van der Waals surface area contributed by atoms with Crippen molar-refractivity contribution >= 4 is 0 Å². The van der Waals surface area contributed by atoms with E-state index in [1.54, 1.807) is 13.2 Å². The van der Waals surface area contributed by atoms with Crippen LogP contribution in [0, 0.1) is 5.82 Å². The van der Waals surface area contributed by atoms with Gasteiger partial charge in [0.2, 0.25) is 0 Å². The number of benzene rings is 2. The van der Waals surface area contributed by atoms with Gasteiger partial charge < -0.3 is 10.1 Å². The number of rotatable bonds is 6. The normalized spacial score (nSPS) is 12.2. The maximum absolute atomic E-state index is 14.0. The van der Waals surface area contributed by atoms with E-state index in [9.17, 15) is 4.39 Å². The fourth-order valence-corrected chi connectivity index (χ4v) is 2.43. The first-order chi connectivity index (χ1) is 9.74. The molecule has 0 aromatic heterocycles. The predicted molar refractivity (Wildman–Crippen MR) is 79.8 cm³/mol. The summed E-state index contributed by atoms with van der Waals surface area (Å²) in [5.74, 6) is 0.795. The number of likely N-dealkylation sites (N-methyl/N-ethyl adjacent to an activating group) is 1. The Hall–Kier alpha value is -1.87. The summed E-state index contributed by atoms with van der Waals surface area (Å²) in [6.45, 7) is 0.734. The molecule has 1 N–H and O–H groups in total. The molecule has 3 heteroatoms. The molecule has 1 atom stereocenters. The molecule has 0 bridgehead atoms. The van der Waals surface area contributed by atoms with Gasteiger partial charge in [-0.3, -0.25) is 0 Å². The van der Waals surface area contributed by atoms with E-state index >= 15 is 0 Å². The summed E-state index contributed by atoms with van der Waals surface area (Å²) >= 11 is 0. The maximum atomic E-state index is 14.0. The molecule has 0 aliphatic carbocycles. The Morgan fingerprint density at radius 2 is 1.95 bits per heavy atom. The van der Waals surface area contributed by atoms with Crippen LogP contribution in [0.25, 0.3) is 0 Å². The molecular weight excluding hydrogens is 253 g/mol. The summed E-state index contributed by atoms with van der Waals surface area (Å²) in [5.41, 5.74) is 1.90. The molecule has 2 nitrogen and oxygen atoms in total. The number of methoxy groups -OCH3 is 1. The Balaban J connectivity index is 2.23. The lowest BCUT2D eigenvalue weighted by molar-refractivity contribution is 0.414. The van der Waals surface area contributed by atoms with Crippen molar-refractivity contribution in [2.24, 2.45) is 0 Å². The second-order valence-corrected chi connectivity index (χ2v) is 4.83. The van der Waals surface area contributed by atoms with Crippen LogP contribution in [0.5, 0.6) is 5.75 Å². The molecule has 2 aromatic rings. The Labute approximate surface area is 119 Å². The minimum atomic E-state index is -0.143. The Kier molecular flexibility index (Phi) is 5.13. The molecule has 1 unspecified atom stereocenters. The van der Waals surface area contributed by atoms with E-state index in [0.29, 0.717) is 0 Å². The molecule has 0 radical (unpaired) electrons. The Morgan fingerprint density at radius 1 is 1.15 bits per heavy atom. The standard InChI is InChI=1S/C17H20FNO/c1-19-12-14(16-8-3-4-9-17(16)18)10-13-6-5-7-15(11-13)20-2/h3-9,11,14,19H,10,12H2,1-2H3. The number of hydrogen-bond donors (Lipinski definition) is 1. The van der Waals surface area contributed by atoms with Gasteiger partial charge in [0.05, 0.1) is 7.11 Å². The van der Waals surface area contributed by atoms with Crippen molar-refractivity contribution in [1.29, 1.82) is 0 Å². The third-order valence-corrected chi connectivity index (χ3v) is 3.41. The van der Waals surface area contributed by atoms with Crippen molar-refractivity contribution in [2.45, 2.75) is 12.3 Å². The van der Waals surface area contributed by atoms with Gasteiger partial charge >= 0.3 is 0 Å². The number of ether oxygens (including phenoxy) is 1. The molecular formula is C17H20FNO. The highest BCUT2D eigenvalue weighted by Gasteiger charge is 2.15. The van der Waals surface area contributed by atoms with Crippen molar-refractivity contribution in [1.82, 2.24) is 5.32 Å². The van der Waals surface area contributed by atoms with Crippen LogP contribution in [0.1, 0.15) is 17.0 Å². The SMILES string of the molecule is CNCC(Cc1cccc(OC)c1)c1ccccc1F. The molecule has 0 spiro atoms. The summed E-state index contributed by atoms with van der Waals surface area (Å²) in [4.78, 5) is 0. The fraction of sp³-hybridized carbons (Fsp3) is 0.294. The van der Waals surface area contributed by atoms with Gasteiger partial charge in [0.15, 0.2) is 0 Å². The smallest absolute Gasteiger partial charge is 0.126 e. The molecule has 20 heavy (non-hydrogen) atoms. The molecule has 0 aliphatic rings. The van der Waals surface area contributed by atoms with E-state index in [2.05, 4.69) is 5.32 Å². The molecule has 0 amide bonds. The van der Waals surface area contributed by atoms with Gasteiger partial charge in [-0.2, -0.15) is 0 Å². The summed E-state index contributed by atoms with van der Waals surface area (Å²) < 4.78 is 19.2. The van der Waals surface area contributed by atoms with Crippen molar-refractivity contribution in [3.8, 4) is 5.75 Å². The van der Waals surface area contributed by atoms with E-state index in [-0.39, 0.29) is 11.7 Å². The molecule has 2 aromatic carbocycles. The molecule has 0 saturated heterocycles. The second-order valence-electron chi connectivity index (χ2n) is 4.83. The molecule has 106 valence electrons. The fourth-order valence-electron chi connectivity index (χ4n) is 2.43. The zero-order valence-electron chi connectivity index (χ0n) is 11.9. The molecule has 0 heterocycles. The Bertz CT molecular complexity index is 556. The average molecular weight is 273 g/mol. The summed E-state index contributed by atoms with van der Waals surface area (Å²) in [5, 5.41) is 3.14. The first kappa shape index (κ1) is 14.5. The predicted octanol–water partition coefficient (Wildman–Crippen LogP) is 3.38. The van der Waals surface area contributed by atoms with E-state index in [4.69, 9.17) is 4.74 Å². The maximum Gasteiger partial charge on any atom is 0.126 e. The van der Waals surface area contributed by atoms with E-state index in [1.807, 2.05) is 43.4 Å². The van der Waals surface area contributed by atoms with Crippen molar-refractivity contribution in [3.05, 3.63) is 65.5 Å². The summed E-state index contributed by atoms with van der Waals surface area (Å²) in [6.07, 6.45) is 0.777. The van der Waals surface area contributed by atoms with Crippen LogP contribution in [-0.4, -0.2) is 20.7 Å². The van der Waals surface area contributed by atoms with Crippen molar-refractivity contribution < 1.29 is 9.13 Å². The zero-order chi connectivity index (χ0) is 14.4. The van der Waals surface area contributed by atoms with Crippen LogP contribution < -0.4 is 10.1 Å². The van der Waals surface area contributed by atoms with Crippen molar-refractivity contribution in [2.75, 3.05) is 20.7 Å². The molecule has 2 rings (SSSR count). The highest BCUT2D eigenvalue weighted by molar-refractivity contribution is 5.31. The van der Waals surface area contributed by atoms with E-state index < -0.39 is 0 Å². The lowest BCUT2D eigenvalue weighted by Crippen LogP contribution is -2.20. The molecule has 0 fully saturated rings. The second kappa shape index (κ2) is 7.06. The topological polar surface area (TPSA) is 21.3 Å². The Morgan fingerprint density at radius 3 is 2.65 bits per heavy atom. The van der Waals surface area contributed by atoms with Crippen LogP contribution in [0.15, 0.2) is 48.5 Å². The zero-order valence-corrected chi connectivity index (χ0v) is 11.9. The number of hydrogen-bond acceptors (Lipinski definition) is 2. The summed E-state index contributed by atoms with van der Waals surface area (Å²) in [6, 6.07) is 14.9. The van der Waals surface area contributed by atoms with Gasteiger partial charge in [-0.05, 0) is 42.8 Å². The molecule has 0 saturated carbocycles. The number of nitrogens with one attached hydrogen (secondary N) is 1. The van der Waals surface area contributed by atoms with Crippen molar-refractivity contribution in [3.63, 3.8) is 0 Å². The summed E-state index contributed by atoms with van der Waals surface area (Å²) in [7, 11) is 3.54. The van der Waals surface area contributed by atoms with Gasteiger partial charge in [0.1, 0.15) is 11.6 Å². The van der Waals surface area contributed by atoms with Crippen LogP contribution >= 0.6 is 0 Å². The third-order valence-electron chi connectivity index (χ3n) is 3.41. The van der Waals surface area contributed by atoms with E-state index in [1.165, 1.54) is 6.07 Å². The van der Waals surface area contributed by atoms with Gasteiger partial charge in [0, 0.05) is 12.5 Å². The average Bonchev–Trinajstić information content (AvgIpc) is 2.47. The van der Waals surface area contributed by atoms with Crippen LogP contribution in [0.4, 0.5) is 4.39 Å². The molecule has 0 aliphatic heterocycles. The minimum Gasteiger partial charge on any atom is -0.497 e. The highest BCUT2D eigenvalue weighted by atomic mass is 19.1. The van der Waals surface area contributed by atoms with Gasteiger partial charge in [-0.25, -0.2) is 4.39 Å².